The van der Waals surface area contributed by atoms with E-state index < -0.39 is 17.3 Å². The summed E-state index contributed by atoms with van der Waals surface area (Å²) in [5, 5.41) is 10.0. The minimum atomic E-state index is -1.62. The molecular formula is C10H11ClFN3O2. The summed E-state index contributed by atoms with van der Waals surface area (Å²) >= 11 is 5.59. The van der Waals surface area contributed by atoms with Crippen LogP contribution in [0.5, 0.6) is 0 Å². The lowest BCUT2D eigenvalue weighted by Crippen LogP contribution is -2.46. The number of nitrogens with two attached hydrogens (primary N) is 1. The van der Waals surface area contributed by atoms with Crippen molar-refractivity contribution < 1.29 is 14.3 Å². The molecule has 1 aromatic rings. The van der Waals surface area contributed by atoms with Crippen molar-refractivity contribution in [1.82, 2.24) is 4.98 Å². The third kappa shape index (κ3) is 2.18. The first-order valence-electron chi connectivity index (χ1n) is 5.01. The van der Waals surface area contributed by atoms with E-state index in [9.17, 15) is 14.3 Å². The maximum atomic E-state index is 13.6. The molecular weight excluding hydrogens is 249 g/mol. The number of carbonyl (C=O) groups excluding carboxylic acids is 1. The van der Waals surface area contributed by atoms with Gasteiger partial charge < -0.3 is 15.7 Å². The van der Waals surface area contributed by atoms with Gasteiger partial charge in [0.05, 0.1) is 11.6 Å². The van der Waals surface area contributed by atoms with E-state index in [0.29, 0.717) is 6.54 Å². The molecule has 0 aromatic carbocycles. The van der Waals surface area contributed by atoms with E-state index in [1.165, 1.54) is 11.1 Å². The number of nitrogens with zero attached hydrogens (tertiary/aromatic N) is 2. The van der Waals surface area contributed by atoms with Crippen molar-refractivity contribution in [3.05, 3.63) is 23.1 Å². The van der Waals surface area contributed by atoms with Crippen molar-refractivity contribution in [3.8, 4) is 0 Å². The zero-order valence-electron chi connectivity index (χ0n) is 8.86. The van der Waals surface area contributed by atoms with Crippen LogP contribution in [0.1, 0.15) is 6.42 Å². The SMILES string of the molecule is NC(=O)C1(O)CCN(c2ncc(Cl)cc2F)C1. The lowest BCUT2D eigenvalue weighted by atomic mass is 10.0. The quantitative estimate of drug-likeness (QED) is 0.801. The largest absolute Gasteiger partial charge is 0.378 e. The van der Waals surface area contributed by atoms with Crippen LogP contribution in [0.15, 0.2) is 12.3 Å². The van der Waals surface area contributed by atoms with Gasteiger partial charge >= 0.3 is 0 Å². The van der Waals surface area contributed by atoms with Crippen molar-refractivity contribution in [2.75, 3.05) is 18.0 Å². The average molecular weight is 260 g/mol. The van der Waals surface area contributed by atoms with Crippen LogP contribution in [0.25, 0.3) is 0 Å². The smallest absolute Gasteiger partial charge is 0.251 e. The van der Waals surface area contributed by atoms with Gasteiger partial charge in [-0.2, -0.15) is 0 Å². The van der Waals surface area contributed by atoms with E-state index >= 15 is 0 Å². The number of primary amides is 1. The Bertz CT molecular complexity index is 471. The minimum Gasteiger partial charge on any atom is -0.378 e. The Hall–Kier alpha value is -1.40. The van der Waals surface area contributed by atoms with Crippen LogP contribution in [-0.4, -0.2) is 34.7 Å². The topological polar surface area (TPSA) is 79.5 Å². The van der Waals surface area contributed by atoms with E-state index in [4.69, 9.17) is 17.3 Å². The lowest BCUT2D eigenvalue weighted by Gasteiger charge is -2.21. The maximum absolute atomic E-state index is 13.6. The molecule has 17 heavy (non-hydrogen) atoms. The molecule has 1 aliphatic heterocycles. The number of hydrogen-bond acceptors (Lipinski definition) is 4. The molecule has 0 saturated carbocycles. The number of hydrogen-bond donors (Lipinski definition) is 2. The fourth-order valence-electron chi connectivity index (χ4n) is 1.82. The number of aromatic nitrogens is 1. The van der Waals surface area contributed by atoms with E-state index in [2.05, 4.69) is 4.98 Å². The first kappa shape index (κ1) is 12.1. The number of amides is 1. The summed E-state index contributed by atoms with van der Waals surface area (Å²) in [5.74, 6) is -1.34. The molecule has 7 heteroatoms. The summed E-state index contributed by atoms with van der Waals surface area (Å²) < 4.78 is 13.6. The van der Waals surface area contributed by atoms with Crippen LogP contribution in [0.4, 0.5) is 10.2 Å². The molecule has 1 unspecified atom stereocenters. The number of aliphatic hydroxyl groups is 1. The molecule has 1 atom stereocenters. The summed E-state index contributed by atoms with van der Waals surface area (Å²) in [7, 11) is 0. The highest BCUT2D eigenvalue weighted by Crippen LogP contribution is 2.28. The molecule has 1 fully saturated rings. The summed E-state index contributed by atoms with van der Waals surface area (Å²) in [6.45, 7) is 0.249. The molecule has 2 heterocycles. The second-order valence-corrected chi connectivity index (χ2v) is 4.46. The molecule has 1 amide bonds. The number of anilines is 1. The predicted molar refractivity (Wildman–Crippen MR) is 60.2 cm³/mol. The Morgan fingerprint density at radius 1 is 1.71 bits per heavy atom. The van der Waals surface area contributed by atoms with E-state index in [0.717, 1.165) is 6.07 Å². The van der Waals surface area contributed by atoms with Crippen LogP contribution < -0.4 is 10.6 Å². The third-order valence-electron chi connectivity index (χ3n) is 2.79. The second kappa shape index (κ2) is 4.12. The zero-order valence-corrected chi connectivity index (χ0v) is 9.62. The molecule has 3 N–H and O–H groups in total. The van der Waals surface area contributed by atoms with Gasteiger partial charge in [-0.3, -0.25) is 4.79 Å². The molecule has 2 rings (SSSR count). The fourth-order valence-corrected chi connectivity index (χ4v) is 1.96. The summed E-state index contributed by atoms with van der Waals surface area (Å²) in [4.78, 5) is 16.4. The number of carbonyl (C=O) groups is 1. The number of β-amino-alcohol motifs (C(OH)–C–C–N with tert-alkyl or cyclic N) is 1. The van der Waals surface area contributed by atoms with Crippen molar-refractivity contribution in [2.24, 2.45) is 5.73 Å². The summed E-state index contributed by atoms with van der Waals surface area (Å²) in [6, 6.07) is 1.13. The number of rotatable bonds is 2. The van der Waals surface area contributed by atoms with Crippen LogP contribution in [0, 0.1) is 5.82 Å². The maximum Gasteiger partial charge on any atom is 0.251 e. The van der Waals surface area contributed by atoms with Gasteiger partial charge in [0.1, 0.15) is 0 Å². The van der Waals surface area contributed by atoms with E-state index in [1.54, 1.807) is 0 Å². The average Bonchev–Trinajstić information content (AvgIpc) is 2.62. The molecule has 1 aromatic heterocycles. The van der Waals surface area contributed by atoms with Crippen molar-refractivity contribution >= 4 is 23.3 Å². The number of pyridine rings is 1. The van der Waals surface area contributed by atoms with E-state index in [1.807, 2.05) is 0 Å². The van der Waals surface area contributed by atoms with Gasteiger partial charge in [0.2, 0.25) is 0 Å². The van der Waals surface area contributed by atoms with Gasteiger partial charge in [-0.15, -0.1) is 0 Å². The molecule has 1 aliphatic rings. The van der Waals surface area contributed by atoms with Gasteiger partial charge in [0.25, 0.3) is 5.91 Å². The Morgan fingerprint density at radius 2 is 2.41 bits per heavy atom. The Kier molecular flexibility index (Phi) is 2.92. The highest BCUT2D eigenvalue weighted by atomic mass is 35.5. The minimum absolute atomic E-state index is 0.0616. The Morgan fingerprint density at radius 3 is 2.94 bits per heavy atom. The fraction of sp³-hybridized carbons (Fsp3) is 0.400. The normalized spacial score (nSPS) is 24.1. The van der Waals surface area contributed by atoms with Crippen LogP contribution >= 0.6 is 11.6 Å². The van der Waals surface area contributed by atoms with Crippen molar-refractivity contribution in [3.63, 3.8) is 0 Å². The lowest BCUT2D eigenvalue weighted by molar-refractivity contribution is -0.134. The van der Waals surface area contributed by atoms with Crippen LogP contribution in [0.2, 0.25) is 5.02 Å². The van der Waals surface area contributed by atoms with Gasteiger partial charge in [0, 0.05) is 19.2 Å². The Balaban J connectivity index is 2.24. The standard InChI is InChI=1S/C10H11ClFN3O2/c11-6-3-7(12)8(14-4-6)15-2-1-10(17,5-15)9(13)16/h3-4,17H,1-2,5H2,(H2,13,16). The van der Waals surface area contributed by atoms with Crippen LogP contribution in [0.3, 0.4) is 0 Å². The molecule has 92 valence electrons. The molecule has 1 saturated heterocycles. The number of halogens is 2. The van der Waals surface area contributed by atoms with Gasteiger partial charge in [0.15, 0.2) is 17.2 Å². The Labute approximate surface area is 102 Å². The molecule has 0 aliphatic carbocycles. The van der Waals surface area contributed by atoms with Gasteiger partial charge in [-0.25, -0.2) is 9.37 Å². The first-order valence-corrected chi connectivity index (χ1v) is 5.38. The molecule has 0 radical (unpaired) electrons. The molecule has 0 spiro atoms. The summed E-state index contributed by atoms with van der Waals surface area (Å²) in [6.07, 6.45) is 1.47. The molecule has 0 bridgehead atoms. The predicted octanol–water partition coefficient (Wildman–Crippen LogP) is 0.301. The monoisotopic (exact) mass is 259 g/mol. The van der Waals surface area contributed by atoms with Crippen molar-refractivity contribution in [2.45, 2.75) is 12.0 Å². The summed E-state index contributed by atoms with van der Waals surface area (Å²) in [5.41, 5.74) is 3.47. The third-order valence-corrected chi connectivity index (χ3v) is 3.00. The van der Waals surface area contributed by atoms with Gasteiger partial charge in [-0.1, -0.05) is 11.6 Å². The van der Waals surface area contributed by atoms with Crippen LogP contribution in [-0.2, 0) is 4.79 Å². The van der Waals surface area contributed by atoms with Gasteiger partial charge in [-0.05, 0) is 6.07 Å². The molecule has 5 nitrogen and oxygen atoms in total. The first-order chi connectivity index (χ1) is 7.92. The zero-order chi connectivity index (χ0) is 12.6. The highest BCUT2D eigenvalue weighted by molar-refractivity contribution is 6.30. The highest BCUT2D eigenvalue weighted by Gasteiger charge is 2.42. The second-order valence-electron chi connectivity index (χ2n) is 4.03. The van der Waals surface area contributed by atoms with Crippen molar-refractivity contribution in [1.29, 1.82) is 0 Å². The van der Waals surface area contributed by atoms with E-state index in [-0.39, 0.29) is 23.8 Å².